The van der Waals surface area contributed by atoms with E-state index in [0.29, 0.717) is 43.4 Å². The number of methoxy groups -OCH3 is 1. The number of carbonyl (C=O) groups excluding carboxylic acids is 1. The molecule has 0 aliphatic heterocycles. The van der Waals surface area contributed by atoms with E-state index in [1.807, 2.05) is 37.3 Å². The van der Waals surface area contributed by atoms with Crippen LogP contribution >= 0.6 is 0 Å². The summed E-state index contributed by atoms with van der Waals surface area (Å²) in [6.07, 6.45) is 0.603. The number of carbonyl (C=O) groups is 1. The quantitative estimate of drug-likeness (QED) is 0.574. The van der Waals surface area contributed by atoms with Gasteiger partial charge in [-0.25, -0.2) is 4.98 Å². The Bertz CT molecular complexity index is 889. The minimum absolute atomic E-state index is 0.132. The summed E-state index contributed by atoms with van der Waals surface area (Å²) in [5, 5.41) is 2.91. The lowest BCUT2D eigenvalue weighted by Crippen LogP contribution is -2.25. The first-order chi connectivity index (χ1) is 13.7. The van der Waals surface area contributed by atoms with Gasteiger partial charge in [0.05, 0.1) is 12.3 Å². The molecular weight excluding hydrogens is 356 g/mol. The van der Waals surface area contributed by atoms with E-state index in [1.54, 1.807) is 31.4 Å². The normalized spacial score (nSPS) is 10.6. The van der Waals surface area contributed by atoms with Gasteiger partial charge in [0.15, 0.2) is 0 Å². The summed E-state index contributed by atoms with van der Waals surface area (Å²) < 4.78 is 16.2. The molecule has 0 saturated carbocycles. The van der Waals surface area contributed by atoms with Gasteiger partial charge < -0.3 is 19.2 Å². The summed E-state index contributed by atoms with van der Waals surface area (Å²) in [5.74, 6) is 1.95. The number of ether oxygens (including phenoxy) is 2. The van der Waals surface area contributed by atoms with E-state index in [1.165, 1.54) is 0 Å². The molecular formula is C22H24N2O4. The molecule has 6 heteroatoms. The Morgan fingerprint density at radius 1 is 1.07 bits per heavy atom. The van der Waals surface area contributed by atoms with Crippen LogP contribution in [0.4, 0.5) is 0 Å². The standard InChI is InChI=1S/C22H24N2O4/c1-16-20(24-22(28-16)18-6-4-3-5-7-18)12-13-23-21(25)17-8-10-19(11-9-17)27-15-14-26-2/h3-11H,12-15H2,1-2H3,(H,23,25). The molecule has 2 aromatic carbocycles. The molecule has 3 aromatic rings. The van der Waals surface area contributed by atoms with Crippen molar-refractivity contribution in [3.05, 3.63) is 71.6 Å². The molecule has 28 heavy (non-hydrogen) atoms. The molecule has 6 nitrogen and oxygen atoms in total. The number of rotatable bonds is 9. The maximum atomic E-state index is 12.3. The molecule has 1 N–H and O–H groups in total. The maximum absolute atomic E-state index is 12.3. The van der Waals surface area contributed by atoms with Gasteiger partial charge in [0.25, 0.3) is 5.91 Å². The first-order valence-corrected chi connectivity index (χ1v) is 9.19. The summed E-state index contributed by atoms with van der Waals surface area (Å²) in [5.41, 5.74) is 2.37. The largest absolute Gasteiger partial charge is 0.491 e. The van der Waals surface area contributed by atoms with Gasteiger partial charge in [-0.2, -0.15) is 0 Å². The molecule has 0 aliphatic carbocycles. The molecule has 0 bridgehead atoms. The lowest BCUT2D eigenvalue weighted by Gasteiger charge is -2.07. The third-order valence-electron chi connectivity index (χ3n) is 4.23. The van der Waals surface area contributed by atoms with Crippen LogP contribution in [-0.2, 0) is 11.2 Å². The maximum Gasteiger partial charge on any atom is 0.251 e. The highest BCUT2D eigenvalue weighted by molar-refractivity contribution is 5.94. The minimum atomic E-state index is -0.132. The second-order valence-electron chi connectivity index (χ2n) is 6.26. The number of nitrogens with one attached hydrogen (secondary N) is 1. The SMILES string of the molecule is COCCOc1ccc(C(=O)NCCc2nc(-c3ccccc3)oc2C)cc1. The highest BCUT2D eigenvalue weighted by atomic mass is 16.5. The molecule has 0 fully saturated rings. The number of nitrogens with zero attached hydrogens (tertiary/aromatic N) is 1. The summed E-state index contributed by atoms with van der Waals surface area (Å²) in [6, 6.07) is 16.8. The molecule has 1 amide bonds. The van der Waals surface area contributed by atoms with Crippen molar-refractivity contribution in [2.75, 3.05) is 26.9 Å². The fraction of sp³-hybridized carbons (Fsp3) is 0.273. The zero-order valence-corrected chi connectivity index (χ0v) is 16.1. The summed E-state index contributed by atoms with van der Waals surface area (Å²) in [7, 11) is 1.62. The summed E-state index contributed by atoms with van der Waals surface area (Å²) >= 11 is 0. The van der Waals surface area contributed by atoms with Crippen LogP contribution in [0.1, 0.15) is 21.8 Å². The van der Waals surface area contributed by atoms with E-state index >= 15 is 0 Å². The zero-order valence-electron chi connectivity index (χ0n) is 16.1. The predicted molar refractivity (Wildman–Crippen MR) is 107 cm³/mol. The number of aryl methyl sites for hydroxylation is 1. The van der Waals surface area contributed by atoms with Crippen molar-refractivity contribution in [3.63, 3.8) is 0 Å². The van der Waals surface area contributed by atoms with Crippen LogP contribution < -0.4 is 10.1 Å². The van der Waals surface area contributed by atoms with Crippen LogP contribution in [0.5, 0.6) is 5.75 Å². The lowest BCUT2D eigenvalue weighted by molar-refractivity contribution is 0.0954. The number of hydrogen-bond donors (Lipinski definition) is 1. The zero-order chi connectivity index (χ0) is 19.8. The van der Waals surface area contributed by atoms with Crippen LogP contribution in [0, 0.1) is 6.92 Å². The summed E-state index contributed by atoms with van der Waals surface area (Å²) in [4.78, 5) is 16.9. The van der Waals surface area contributed by atoms with Crippen LogP contribution in [-0.4, -0.2) is 37.8 Å². The molecule has 3 rings (SSSR count). The Hall–Kier alpha value is -3.12. The molecule has 1 aromatic heterocycles. The van der Waals surface area contributed by atoms with Gasteiger partial charge in [-0.15, -0.1) is 0 Å². The first kappa shape index (κ1) is 19.6. The Kier molecular flexibility index (Phi) is 6.81. The van der Waals surface area contributed by atoms with E-state index in [-0.39, 0.29) is 5.91 Å². The number of amides is 1. The van der Waals surface area contributed by atoms with E-state index in [9.17, 15) is 4.79 Å². The van der Waals surface area contributed by atoms with Crippen LogP contribution in [0.25, 0.3) is 11.5 Å². The Labute approximate surface area is 164 Å². The molecule has 0 saturated heterocycles. The molecule has 0 aliphatic rings. The smallest absolute Gasteiger partial charge is 0.251 e. The fourth-order valence-electron chi connectivity index (χ4n) is 2.71. The van der Waals surface area contributed by atoms with Gasteiger partial charge in [0.1, 0.15) is 18.1 Å². The van der Waals surface area contributed by atoms with Crippen molar-refractivity contribution in [1.82, 2.24) is 10.3 Å². The second kappa shape index (κ2) is 9.71. The van der Waals surface area contributed by atoms with Gasteiger partial charge >= 0.3 is 0 Å². The molecule has 0 atom stereocenters. The van der Waals surface area contributed by atoms with E-state index in [4.69, 9.17) is 13.9 Å². The Balaban J connectivity index is 1.51. The second-order valence-corrected chi connectivity index (χ2v) is 6.26. The number of oxazole rings is 1. The van der Waals surface area contributed by atoms with Crippen molar-refractivity contribution in [3.8, 4) is 17.2 Å². The number of hydrogen-bond acceptors (Lipinski definition) is 5. The minimum Gasteiger partial charge on any atom is -0.491 e. The third kappa shape index (κ3) is 5.20. The fourth-order valence-corrected chi connectivity index (χ4v) is 2.71. The molecule has 1 heterocycles. The van der Waals surface area contributed by atoms with Crippen LogP contribution in [0.3, 0.4) is 0 Å². The van der Waals surface area contributed by atoms with Gasteiger partial charge in [-0.3, -0.25) is 4.79 Å². The van der Waals surface area contributed by atoms with Crippen molar-refractivity contribution < 1.29 is 18.7 Å². The van der Waals surface area contributed by atoms with Gasteiger partial charge in [-0.1, -0.05) is 18.2 Å². The average Bonchev–Trinajstić information content (AvgIpc) is 3.10. The van der Waals surface area contributed by atoms with Crippen LogP contribution in [0.15, 0.2) is 59.0 Å². The first-order valence-electron chi connectivity index (χ1n) is 9.19. The monoisotopic (exact) mass is 380 g/mol. The Morgan fingerprint density at radius 2 is 1.82 bits per heavy atom. The van der Waals surface area contributed by atoms with Crippen molar-refractivity contribution in [2.45, 2.75) is 13.3 Å². The van der Waals surface area contributed by atoms with Crippen molar-refractivity contribution in [1.29, 1.82) is 0 Å². The molecule has 146 valence electrons. The molecule has 0 unspecified atom stereocenters. The topological polar surface area (TPSA) is 73.6 Å². The number of benzene rings is 2. The number of aromatic nitrogens is 1. The van der Waals surface area contributed by atoms with Gasteiger partial charge in [-0.05, 0) is 43.3 Å². The van der Waals surface area contributed by atoms with Crippen LogP contribution in [0.2, 0.25) is 0 Å². The Morgan fingerprint density at radius 3 is 2.54 bits per heavy atom. The summed E-state index contributed by atoms with van der Waals surface area (Å²) in [6.45, 7) is 3.37. The van der Waals surface area contributed by atoms with Gasteiger partial charge in [0.2, 0.25) is 5.89 Å². The van der Waals surface area contributed by atoms with Gasteiger partial charge in [0, 0.05) is 31.2 Å². The highest BCUT2D eigenvalue weighted by Gasteiger charge is 2.12. The van der Waals surface area contributed by atoms with Crippen molar-refractivity contribution in [2.24, 2.45) is 0 Å². The predicted octanol–water partition coefficient (Wildman–Crippen LogP) is 3.65. The van der Waals surface area contributed by atoms with Crippen molar-refractivity contribution >= 4 is 5.91 Å². The average molecular weight is 380 g/mol. The molecule has 0 spiro atoms. The van der Waals surface area contributed by atoms with E-state index in [2.05, 4.69) is 10.3 Å². The lowest BCUT2D eigenvalue weighted by atomic mass is 10.2. The molecule has 0 radical (unpaired) electrons. The third-order valence-corrected chi connectivity index (χ3v) is 4.23. The highest BCUT2D eigenvalue weighted by Crippen LogP contribution is 2.21. The van der Waals surface area contributed by atoms with E-state index in [0.717, 1.165) is 17.0 Å². The van der Waals surface area contributed by atoms with E-state index < -0.39 is 0 Å².